The van der Waals surface area contributed by atoms with Crippen molar-refractivity contribution in [3.63, 3.8) is 0 Å². The van der Waals surface area contributed by atoms with Crippen molar-refractivity contribution >= 4 is 35.8 Å². The molecule has 224 valence electrons. The van der Waals surface area contributed by atoms with E-state index < -0.39 is 23.9 Å². The SMILES string of the molecule is CCC(=O)[O-].CCC(=O)[O-].CCCCCCCC(=O)OC(=O)CC.CCCCCCCC(=O)OC(=O)CC.[Na+].[Na+]. The van der Waals surface area contributed by atoms with E-state index in [-0.39, 0.29) is 96.7 Å². The normalized spacial score (nSPS) is 8.75. The van der Waals surface area contributed by atoms with Crippen molar-refractivity contribution in [2.45, 2.75) is 144 Å². The summed E-state index contributed by atoms with van der Waals surface area (Å²) in [4.78, 5) is 61.9. The van der Waals surface area contributed by atoms with Gasteiger partial charge in [-0.15, -0.1) is 0 Å². The van der Waals surface area contributed by atoms with Crippen LogP contribution in [-0.4, -0.2) is 35.8 Å². The van der Waals surface area contributed by atoms with Gasteiger partial charge < -0.3 is 29.3 Å². The van der Waals surface area contributed by atoms with E-state index in [9.17, 15) is 39.0 Å². The minimum absolute atomic E-state index is 0. The zero-order chi connectivity index (χ0) is 30.2. The Morgan fingerprint density at radius 3 is 0.875 bits per heavy atom. The van der Waals surface area contributed by atoms with Crippen molar-refractivity contribution in [1.29, 1.82) is 0 Å². The number of unbranched alkanes of at least 4 members (excludes halogenated alkanes) is 8. The zero-order valence-electron chi connectivity index (χ0n) is 26.4. The molecule has 0 aliphatic carbocycles. The van der Waals surface area contributed by atoms with Gasteiger partial charge in [-0.2, -0.15) is 0 Å². The summed E-state index contributed by atoms with van der Waals surface area (Å²) in [5, 5.41) is 18.5. The number of carbonyl (C=O) groups is 6. The molecule has 0 aromatic heterocycles. The van der Waals surface area contributed by atoms with Crippen molar-refractivity contribution in [3.8, 4) is 0 Å². The van der Waals surface area contributed by atoms with Crippen molar-refractivity contribution in [2.24, 2.45) is 0 Å². The Kier molecular flexibility index (Phi) is 55.4. The second kappa shape index (κ2) is 42.7. The second-order valence-electron chi connectivity index (χ2n) is 8.18. The Balaban J connectivity index is -0.000000104. The topological polar surface area (TPSA) is 167 Å². The first-order chi connectivity index (χ1) is 17.9. The number of carboxylic acid groups (broad SMARTS) is 2. The molecule has 0 unspecified atom stereocenters. The fourth-order valence-electron chi connectivity index (χ4n) is 2.25. The van der Waals surface area contributed by atoms with Crippen LogP contribution in [0.1, 0.15) is 144 Å². The first-order valence-corrected chi connectivity index (χ1v) is 13.8. The van der Waals surface area contributed by atoms with Crippen LogP contribution in [0, 0.1) is 0 Å². The van der Waals surface area contributed by atoms with Gasteiger partial charge in [0.25, 0.3) is 0 Å². The molecule has 40 heavy (non-hydrogen) atoms. The molecule has 0 saturated carbocycles. The van der Waals surface area contributed by atoms with Crippen LogP contribution in [0.3, 0.4) is 0 Å². The molecule has 0 rings (SSSR count). The Morgan fingerprint density at radius 2 is 0.675 bits per heavy atom. The van der Waals surface area contributed by atoms with Gasteiger partial charge in [-0.1, -0.05) is 92.9 Å². The third-order valence-electron chi connectivity index (χ3n) is 4.58. The van der Waals surface area contributed by atoms with Crippen LogP contribution < -0.4 is 69.3 Å². The van der Waals surface area contributed by atoms with Gasteiger partial charge in [0, 0.05) is 37.6 Å². The average molecular weight is 593 g/mol. The number of rotatable bonds is 16. The molecule has 0 saturated heterocycles. The number of hydrogen-bond donors (Lipinski definition) is 0. The largest absolute Gasteiger partial charge is 1.00 e. The predicted octanol–water partition coefficient (Wildman–Crippen LogP) is -2.05. The first kappa shape index (κ1) is 51.9. The van der Waals surface area contributed by atoms with Crippen LogP contribution in [0.15, 0.2) is 0 Å². The Hall–Kier alpha value is -0.780. The van der Waals surface area contributed by atoms with Gasteiger partial charge in [-0.25, -0.2) is 0 Å². The van der Waals surface area contributed by atoms with E-state index >= 15 is 0 Å². The van der Waals surface area contributed by atoms with Crippen molar-refractivity contribution in [1.82, 2.24) is 0 Å². The third-order valence-corrected chi connectivity index (χ3v) is 4.58. The molecule has 10 nitrogen and oxygen atoms in total. The minimum Gasteiger partial charge on any atom is -0.550 e. The number of esters is 4. The van der Waals surface area contributed by atoms with Gasteiger partial charge in [0.1, 0.15) is 0 Å². The Bertz CT molecular complexity index is 587. The third kappa shape index (κ3) is 57.2. The summed E-state index contributed by atoms with van der Waals surface area (Å²) < 4.78 is 9.06. The molecule has 0 aromatic rings. The molecule has 0 aromatic carbocycles. The standard InChI is InChI=1S/2C11H20O3.2C3H6O2.2Na/c2*1-3-5-6-7-8-9-11(13)14-10(12)4-2;2*1-2-3(4)5;;/h2*3-9H2,1-2H3;2*2H2,1H3,(H,4,5);;/q;;;;2*+1/p-2. The molecule has 0 amide bonds. The quantitative estimate of drug-likeness (QED) is 0.0843. The maximum Gasteiger partial charge on any atom is 1.00 e. The maximum atomic E-state index is 11.0. The molecule has 0 heterocycles. The monoisotopic (exact) mass is 592 g/mol. The second-order valence-corrected chi connectivity index (χ2v) is 8.18. The smallest absolute Gasteiger partial charge is 0.550 e. The van der Waals surface area contributed by atoms with Gasteiger partial charge in [0.2, 0.25) is 0 Å². The molecule has 0 N–H and O–H groups in total. The number of hydrogen-bond acceptors (Lipinski definition) is 10. The molecule has 0 aliphatic heterocycles. The van der Waals surface area contributed by atoms with E-state index in [1.807, 2.05) is 0 Å². The average Bonchev–Trinajstić information content (AvgIpc) is 2.89. The molecule has 12 heteroatoms. The Morgan fingerprint density at radius 1 is 0.425 bits per heavy atom. The number of ether oxygens (including phenoxy) is 2. The summed E-state index contributed by atoms with van der Waals surface area (Å²) in [6.45, 7) is 10.7. The van der Waals surface area contributed by atoms with Crippen LogP contribution in [0.25, 0.3) is 0 Å². The molecule has 0 spiro atoms. The molecular weight excluding hydrogens is 542 g/mol. The fraction of sp³-hybridized carbons (Fsp3) is 0.786. The maximum absolute atomic E-state index is 11.0. The first-order valence-electron chi connectivity index (χ1n) is 13.8. The van der Waals surface area contributed by atoms with E-state index in [0.717, 1.165) is 38.5 Å². The van der Waals surface area contributed by atoms with E-state index in [0.29, 0.717) is 12.8 Å². The van der Waals surface area contributed by atoms with E-state index in [1.54, 1.807) is 13.8 Å². The minimum atomic E-state index is -0.995. The summed E-state index contributed by atoms with van der Waals surface area (Å²) in [6.07, 6.45) is 12.4. The van der Waals surface area contributed by atoms with Crippen LogP contribution in [-0.2, 0) is 38.2 Å². The van der Waals surface area contributed by atoms with Crippen molar-refractivity contribution in [3.05, 3.63) is 0 Å². The Labute approximate surface area is 285 Å². The van der Waals surface area contributed by atoms with Crippen molar-refractivity contribution in [2.75, 3.05) is 0 Å². The van der Waals surface area contributed by atoms with E-state index in [2.05, 4.69) is 23.3 Å². The number of carbonyl (C=O) groups excluding carboxylic acids is 6. The molecular formula is C28H50Na2O10. The number of carboxylic acids is 2. The van der Waals surface area contributed by atoms with Crippen LogP contribution in [0.5, 0.6) is 0 Å². The van der Waals surface area contributed by atoms with Crippen LogP contribution in [0.2, 0.25) is 0 Å². The van der Waals surface area contributed by atoms with Gasteiger partial charge in [0.15, 0.2) is 0 Å². The summed E-state index contributed by atoms with van der Waals surface area (Å²) in [6, 6.07) is 0. The fourth-order valence-corrected chi connectivity index (χ4v) is 2.25. The van der Waals surface area contributed by atoms with E-state index in [1.165, 1.54) is 39.5 Å². The molecule has 0 bridgehead atoms. The van der Waals surface area contributed by atoms with Gasteiger partial charge in [-0.05, 0) is 25.7 Å². The zero-order valence-corrected chi connectivity index (χ0v) is 30.4. The molecule has 0 atom stereocenters. The van der Waals surface area contributed by atoms with Crippen molar-refractivity contribution < 1.29 is 108 Å². The molecule has 0 fully saturated rings. The van der Waals surface area contributed by atoms with Gasteiger partial charge in [-0.3, -0.25) is 19.2 Å². The van der Waals surface area contributed by atoms with Crippen LogP contribution in [0.4, 0.5) is 0 Å². The van der Waals surface area contributed by atoms with Gasteiger partial charge in [0.05, 0.1) is 0 Å². The molecule has 0 aliphatic rings. The predicted molar refractivity (Wildman–Crippen MR) is 140 cm³/mol. The molecule has 0 radical (unpaired) electrons. The van der Waals surface area contributed by atoms with Gasteiger partial charge >= 0.3 is 83.0 Å². The number of aliphatic carboxylic acids is 2. The van der Waals surface area contributed by atoms with Crippen LogP contribution >= 0.6 is 0 Å². The summed E-state index contributed by atoms with van der Waals surface area (Å²) in [5.41, 5.74) is 0. The summed E-state index contributed by atoms with van der Waals surface area (Å²) >= 11 is 0. The summed E-state index contributed by atoms with van der Waals surface area (Å²) in [5.74, 6) is -3.61. The summed E-state index contributed by atoms with van der Waals surface area (Å²) in [7, 11) is 0. The van der Waals surface area contributed by atoms with E-state index in [4.69, 9.17) is 0 Å².